The van der Waals surface area contributed by atoms with Crippen molar-refractivity contribution >= 4 is 11.8 Å². The summed E-state index contributed by atoms with van der Waals surface area (Å²) >= 11 is 0. The van der Waals surface area contributed by atoms with Gasteiger partial charge in [0.25, 0.3) is 0 Å². The fourth-order valence-corrected chi connectivity index (χ4v) is 3.10. The molecule has 22 heavy (non-hydrogen) atoms. The number of ether oxygens (including phenoxy) is 1. The Hall–Kier alpha value is -2.08. The summed E-state index contributed by atoms with van der Waals surface area (Å²) in [7, 11) is 0. The van der Waals surface area contributed by atoms with Crippen LogP contribution in [0.2, 0.25) is 0 Å². The predicted molar refractivity (Wildman–Crippen MR) is 78.5 cm³/mol. The minimum absolute atomic E-state index is 0.0426. The van der Waals surface area contributed by atoms with Gasteiger partial charge in [-0.25, -0.2) is 4.79 Å². The summed E-state index contributed by atoms with van der Waals surface area (Å²) in [5, 5.41) is 29.7. The molecule has 2 rings (SSSR count). The van der Waals surface area contributed by atoms with Gasteiger partial charge in [-0.15, -0.1) is 0 Å². The molecule has 0 spiro atoms. The molecular weight excluding hydrogens is 288 g/mol. The number of hydrogen-bond donors (Lipinski definition) is 3. The summed E-state index contributed by atoms with van der Waals surface area (Å²) in [4.78, 5) is 22.8. The van der Waals surface area contributed by atoms with Gasteiger partial charge in [-0.2, -0.15) is 0 Å². The first-order valence-corrected chi connectivity index (χ1v) is 7.13. The molecule has 1 aliphatic heterocycles. The number of carboxylic acids is 1. The summed E-state index contributed by atoms with van der Waals surface area (Å²) in [6.45, 7) is 6.74. The number of aromatic carboxylic acids is 1. The van der Waals surface area contributed by atoms with Crippen LogP contribution in [-0.4, -0.2) is 33.2 Å². The third-order valence-corrected chi connectivity index (χ3v) is 4.33. The van der Waals surface area contributed by atoms with E-state index in [9.17, 15) is 24.9 Å². The Labute approximate surface area is 128 Å². The molecule has 6 nitrogen and oxygen atoms in total. The molecule has 1 aliphatic rings. The van der Waals surface area contributed by atoms with Crippen molar-refractivity contribution in [1.29, 1.82) is 0 Å². The van der Waals surface area contributed by atoms with E-state index >= 15 is 0 Å². The molecule has 0 saturated heterocycles. The lowest BCUT2D eigenvalue weighted by Crippen LogP contribution is -2.29. The van der Waals surface area contributed by atoms with Crippen molar-refractivity contribution in [1.82, 2.24) is 0 Å². The van der Waals surface area contributed by atoms with Gasteiger partial charge in [-0.1, -0.05) is 6.92 Å². The van der Waals surface area contributed by atoms with E-state index in [0.29, 0.717) is 16.7 Å². The Balaban J connectivity index is 2.79. The average Bonchev–Trinajstić information content (AvgIpc) is 2.39. The lowest BCUT2D eigenvalue weighted by Gasteiger charge is -2.37. The van der Waals surface area contributed by atoms with Gasteiger partial charge in [0.15, 0.2) is 0 Å². The van der Waals surface area contributed by atoms with Crippen molar-refractivity contribution in [2.24, 2.45) is 0 Å². The van der Waals surface area contributed by atoms with Crippen molar-refractivity contribution in [2.75, 3.05) is 0 Å². The summed E-state index contributed by atoms with van der Waals surface area (Å²) < 4.78 is 5.79. The van der Waals surface area contributed by atoms with E-state index in [0.717, 1.165) is 0 Å². The van der Waals surface area contributed by atoms with Crippen LogP contribution >= 0.6 is 0 Å². The fourth-order valence-electron chi connectivity index (χ4n) is 3.10. The van der Waals surface area contributed by atoms with Crippen LogP contribution in [0.3, 0.4) is 0 Å². The van der Waals surface area contributed by atoms with Crippen molar-refractivity contribution < 1.29 is 29.6 Å². The lowest BCUT2D eigenvalue weighted by atomic mass is 9.80. The van der Waals surface area contributed by atoms with Crippen LogP contribution in [0.15, 0.2) is 0 Å². The Bertz CT molecular complexity index is 649. The first-order chi connectivity index (χ1) is 10.2. The molecule has 0 amide bonds. The number of carbonyl (C=O) groups is 2. The first kappa shape index (κ1) is 16.3. The first-order valence-electron chi connectivity index (χ1n) is 7.13. The number of benzene rings is 1. The molecular formula is C16H20O6. The molecule has 3 N–H and O–H groups in total. The smallest absolute Gasteiger partial charge is 0.343 e. The molecule has 0 fully saturated rings. The number of aromatic hydroxyl groups is 2. The quantitative estimate of drug-likeness (QED) is 0.793. The zero-order chi connectivity index (χ0) is 16.8. The van der Waals surface area contributed by atoms with Gasteiger partial charge < -0.3 is 20.1 Å². The SMILES string of the molecule is CC(=O)C[C@@H]1O[C@H](C)[C@@H](C)c2c(C)c(O)c(C(=O)O)c(O)c21. The van der Waals surface area contributed by atoms with Crippen LogP contribution in [0.4, 0.5) is 0 Å². The average molecular weight is 308 g/mol. The maximum absolute atomic E-state index is 11.5. The van der Waals surface area contributed by atoms with Crippen LogP contribution in [0.5, 0.6) is 11.5 Å². The molecule has 1 heterocycles. The highest BCUT2D eigenvalue weighted by Crippen LogP contribution is 2.49. The molecule has 0 aliphatic carbocycles. The summed E-state index contributed by atoms with van der Waals surface area (Å²) in [5.74, 6) is -2.65. The number of carbonyl (C=O) groups excluding carboxylic acids is 1. The third kappa shape index (κ3) is 2.43. The van der Waals surface area contributed by atoms with E-state index < -0.39 is 29.1 Å². The van der Waals surface area contributed by atoms with Gasteiger partial charge in [0.05, 0.1) is 12.2 Å². The Morgan fingerprint density at radius 3 is 2.23 bits per heavy atom. The zero-order valence-corrected chi connectivity index (χ0v) is 13.0. The van der Waals surface area contributed by atoms with E-state index in [1.807, 2.05) is 13.8 Å². The second-order valence-electron chi connectivity index (χ2n) is 5.85. The van der Waals surface area contributed by atoms with E-state index in [1.54, 1.807) is 6.92 Å². The molecule has 0 saturated carbocycles. The molecule has 6 heteroatoms. The largest absolute Gasteiger partial charge is 0.507 e. The molecule has 1 aromatic carbocycles. The van der Waals surface area contributed by atoms with Crippen molar-refractivity contribution in [3.05, 3.63) is 22.3 Å². The highest BCUT2D eigenvalue weighted by molar-refractivity contribution is 5.95. The Morgan fingerprint density at radius 1 is 1.14 bits per heavy atom. The van der Waals surface area contributed by atoms with Gasteiger partial charge >= 0.3 is 5.97 Å². The number of hydrogen-bond acceptors (Lipinski definition) is 5. The number of phenols is 2. The molecule has 120 valence electrons. The van der Waals surface area contributed by atoms with Crippen LogP contribution < -0.4 is 0 Å². The molecule has 1 aromatic rings. The molecule has 0 unspecified atom stereocenters. The predicted octanol–water partition coefficient (Wildman–Crippen LogP) is 2.65. The highest BCUT2D eigenvalue weighted by atomic mass is 16.5. The van der Waals surface area contributed by atoms with Crippen molar-refractivity contribution in [3.8, 4) is 11.5 Å². The van der Waals surface area contributed by atoms with Crippen molar-refractivity contribution in [3.63, 3.8) is 0 Å². The number of ketones is 1. The minimum Gasteiger partial charge on any atom is -0.507 e. The summed E-state index contributed by atoms with van der Waals surface area (Å²) in [5.41, 5.74) is 0.815. The number of fused-ring (bicyclic) bond motifs is 1. The Kier molecular flexibility index (Phi) is 4.15. The molecule has 0 aromatic heterocycles. The van der Waals surface area contributed by atoms with E-state index in [4.69, 9.17) is 4.74 Å². The number of carboxylic acid groups (broad SMARTS) is 1. The minimum atomic E-state index is -1.42. The normalized spacial score (nSPS) is 23.9. The summed E-state index contributed by atoms with van der Waals surface area (Å²) in [6, 6.07) is 0. The van der Waals surface area contributed by atoms with Crippen LogP contribution in [0.1, 0.15) is 66.3 Å². The maximum atomic E-state index is 11.5. The van der Waals surface area contributed by atoms with E-state index in [-0.39, 0.29) is 24.2 Å². The number of rotatable bonds is 3. The van der Waals surface area contributed by atoms with Crippen LogP contribution in [-0.2, 0) is 9.53 Å². The van der Waals surface area contributed by atoms with Gasteiger partial charge in [0.1, 0.15) is 22.8 Å². The monoisotopic (exact) mass is 308 g/mol. The van der Waals surface area contributed by atoms with Crippen LogP contribution in [0.25, 0.3) is 0 Å². The van der Waals surface area contributed by atoms with Crippen molar-refractivity contribution in [2.45, 2.75) is 52.2 Å². The molecule has 0 radical (unpaired) electrons. The zero-order valence-electron chi connectivity index (χ0n) is 13.0. The fraction of sp³-hybridized carbons (Fsp3) is 0.500. The Morgan fingerprint density at radius 2 is 1.73 bits per heavy atom. The summed E-state index contributed by atoms with van der Waals surface area (Å²) in [6.07, 6.45) is -0.887. The molecule has 0 bridgehead atoms. The van der Waals surface area contributed by atoms with Gasteiger partial charge in [0, 0.05) is 17.9 Å². The maximum Gasteiger partial charge on any atom is 0.343 e. The van der Waals surface area contributed by atoms with Gasteiger partial charge in [-0.3, -0.25) is 4.79 Å². The molecule has 3 atom stereocenters. The lowest BCUT2D eigenvalue weighted by molar-refractivity contribution is -0.122. The van der Waals surface area contributed by atoms with E-state index in [2.05, 4.69) is 0 Å². The topological polar surface area (TPSA) is 104 Å². The second kappa shape index (κ2) is 5.61. The van der Waals surface area contributed by atoms with Crippen LogP contribution in [0, 0.1) is 6.92 Å². The second-order valence-corrected chi connectivity index (χ2v) is 5.85. The number of Topliss-reactive ketones (excluding diaryl/α,β-unsaturated/α-hetero) is 1. The van der Waals surface area contributed by atoms with E-state index in [1.165, 1.54) is 6.92 Å². The third-order valence-electron chi connectivity index (χ3n) is 4.33. The van der Waals surface area contributed by atoms with Gasteiger partial charge in [-0.05, 0) is 31.9 Å². The highest BCUT2D eigenvalue weighted by Gasteiger charge is 2.38. The van der Waals surface area contributed by atoms with Gasteiger partial charge in [0.2, 0.25) is 0 Å². The standard InChI is InChI=1S/C16H20O6/c1-6(17)5-10-12-11(7(2)9(4)22-10)8(3)14(18)13(15(12)19)16(20)21/h7,9-10,18-19H,5H2,1-4H3,(H,20,21)/t7-,9-,10+/m1/s1.